The van der Waals surface area contributed by atoms with Crippen molar-refractivity contribution in [2.24, 2.45) is 5.92 Å². The Morgan fingerprint density at radius 2 is 1.86 bits per heavy atom. The third-order valence-electron chi connectivity index (χ3n) is 4.07. The molecule has 0 radical (unpaired) electrons. The van der Waals surface area contributed by atoms with Crippen LogP contribution in [0, 0.1) is 19.8 Å². The predicted octanol–water partition coefficient (Wildman–Crippen LogP) is 2.61. The highest BCUT2D eigenvalue weighted by atomic mass is 16.4. The summed E-state index contributed by atoms with van der Waals surface area (Å²) in [5.74, 6) is -1.03. The zero-order valence-electron chi connectivity index (χ0n) is 12.7. The Balaban J connectivity index is 1.79. The Hall–Kier alpha value is -1.84. The van der Waals surface area contributed by atoms with E-state index in [4.69, 9.17) is 5.11 Å². The SMILES string of the molecule is Cc1cc(C)cc(CCC(=O)N[C@H]2CC[C@@H](C(=O)O)C2)c1. The topological polar surface area (TPSA) is 66.4 Å². The maximum Gasteiger partial charge on any atom is 0.306 e. The van der Waals surface area contributed by atoms with E-state index in [1.807, 2.05) is 0 Å². The normalized spacial score (nSPS) is 21.2. The minimum Gasteiger partial charge on any atom is -0.481 e. The fraction of sp³-hybridized carbons (Fsp3) is 0.529. The minimum atomic E-state index is -0.748. The molecule has 21 heavy (non-hydrogen) atoms. The van der Waals surface area contributed by atoms with Gasteiger partial charge in [-0.1, -0.05) is 29.3 Å². The molecule has 1 saturated carbocycles. The lowest BCUT2D eigenvalue weighted by Crippen LogP contribution is -2.33. The van der Waals surface area contributed by atoms with E-state index in [0.29, 0.717) is 19.3 Å². The van der Waals surface area contributed by atoms with Crippen molar-refractivity contribution in [2.75, 3.05) is 0 Å². The molecule has 0 heterocycles. The minimum absolute atomic E-state index is 0.0187. The summed E-state index contributed by atoms with van der Waals surface area (Å²) in [6.45, 7) is 4.11. The van der Waals surface area contributed by atoms with Crippen LogP contribution in [0.2, 0.25) is 0 Å². The Morgan fingerprint density at radius 3 is 2.43 bits per heavy atom. The van der Waals surface area contributed by atoms with Crippen LogP contribution in [0.3, 0.4) is 0 Å². The highest BCUT2D eigenvalue weighted by Gasteiger charge is 2.30. The maximum absolute atomic E-state index is 12.0. The smallest absolute Gasteiger partial charge is 0.306 e. The van der Waals surface area contributed by atoms with E-state index in [0.717, 1.165) is 12.8 Å². The van der Waals surface area contributed by atoms with Crippen LogP contribution < -0.4 is 5.32 Å². The van der Waals surface area contributed by atoms with E-state index >= 15 is 0 Å². The summed E-state index contributed by atoms with van der Waals surface area (Å²) in [4.78, 5) is 22.9. The summed E-state index contributed by atoms with van der Waals surface area (Å²) < 4.78 is 0. The fourth-order valence-corrected chi connectivity index (χ4v) is 3.11. The second kappa shape index (κ2) is 6.74. The molecule has 4 heteroatoms. The number of aryl methyl sites for hydroxylation is 3. The molecule has 2 N–H and O–H groups in total. The molecule has 1 fully saturated rings. The summed E-state index contributed by atoms with van der Waals surface area (Å²) in [7, 11) is 0. The molecule has 0 bridgehead atoms. The molecule has 0 aromatic heterocycles. The van der Waals surface area contributed by atoms with Gasteiger partial charge >= 0.3 is 5.97 Å². The van der Waals surface area contributed by atoms with E-state index < -0.39 is 5.97 Å². The molecular weight excluding hydrogens is 266 g/mol. The molecule has 1 amide bonds. The number of carbonyl (C=O) groups is 2. The standard InChI is InChI=1S/C17H23NO3/c1-11-7-12(2)9-13(8-11)3-6-16(19)18-15-5-4-14(10-15)17(20)21/h7-9,14-15H,3-6,10H2,1-2H3,(H,18,19)(H,20,21)/t14-,15+/m1/s1. The first-order valence-corrected chi connectivity index (χ1v) is 7.53. The number of carboxylic acids is 1. The molecule has 1 aliphatic carbocycles. The average molecular weight is 289 g/mol. The number of carbonyl (C=O) groups excluding carboxylic acids is 1. The van der Waals surface area contributed by atoms with Crippen molar-refractivity contribution in [2.45, 2.75) is 52.0 Å². The van der Waals surface area contributed by atoms with Crippen molar-refractivity contribution in [3.63, 3.8) is 0 Å². The molecule has 2 rings (SSSR count). The molecule has 1 aromatic carbocycles. The van der Waals surface area contributed by atoms with Gasteiger partial charge in [-0.15, -0.1) is 0 Å². The molecule has 1 aromatic rings. The highest BCUT2D eigenvalue weighted by molar-refractivity contribution is 5.77. The Bertz CT molecular complexity index is 519. The molecular formula is C17H23NO3. The monoisotopic (exact) mass is 289 g/mol. The largest absolute Gasteiger partial charge is 0.481 e. The van der Waals surface area contributed by atoms with Crippen LogP contribution in [-0.4, -0.2) is 23.0 Å². The maximum atomic E-state index is 12.0. The van der Waals surface area contributed by atoms with Gasteiger partial charge in [-0.3, -0.25) is 9.59 Å². The molecule has 2 atom stereocenters. The van der Waals surface area contributed by atoms with Crippen molar-refractivity contribution in [3.8, 4) is 0 Å². The number of benzene rings is 1. The van der Waals surface area contributed by atoms with Crippen LogP contribution in [-0.2, 0) is 16.0 Å². The second-order valence-electron chi connectivity index (χ2n) is 6.11. The number of nitrogens with one attached hydrogen (secondary N) is 1. The van der Waals surface area contributed by atoms with Crippen LogP contribution >= 0.6 is 0 Å². The van der Waals surface area contributed by atoms with Gasteiger partial charge in [0.15, 0.2) is 0 Å². The summed E-state index contributed by atoms with van der Waals surface area (Å²) in [5, 5.41) is 11.9. The van der Waals surface area contributed by atoms with Crippen molar-refractivity contribution < 1.29 is 14.7 Å². The number of hydrogen-bond acceptors (Lipinski definition) is 2. The van der Waals surface area contributed by atoms with Crippen molar-refractivity contribution in [1.29, 1.82) is 0 Å². The number of carboxylic acid groups (broad SMARTS) is 1. The predicted molar refractivity (Wildman–Crippen MR) is 81.1 cm³/mol. The molecule has 4 nitrogen and oxygen atoms in total. The van der Waals surface area contributed by atoms with Gasteiger partial charge in [-0.2, -0.15) is 0 Å². The lowest BCUT2D eigenvalue weighted by atomic mass is 10.0. The Labute approximate surface area is 125 Å². The number of amides is 1. The van der Waals surface area contributed by atoms with Crippen LogP contribution in [0.1, 0.15) is 42.4 Å². The Morgan fingerprint density at radius 1 is 1.19 bits per heavy atom. The lowest BCUT2D eigenvalue weighted by molar-refractivity contribution is -0.141. The third kappa shape index (κ3) is 4.59. The molecule has 0 unspecified atom stereocenters. The van der Waals surface area contributed by atoms with E-state index in [1.54, 1.807) is 0 Å². The van der Waals surface area contributed by atoms with Gasteiger partial charge < -0.3 is 10.4 Å². The first-order valence-electron chi connectivity index (χ1n) is 7.53. The molecule has 0 aliphatic heterocycles. The molecule has 0 saturated heterocycles. The molecule has 1 aliphatic rings. The van der Waals surface area contributed by atoms with Gasteiger partial charge in [-0.05, 0) is 45.1 Å². The average Bonchev–Trinajstić information content (AvgIpc) is 2.84. The van der Waals surface area contributed by atoms with Gasteiger partial charge in [0, 0.05) is 12.5 Å². The van der Waals surface area contributed by atoms with Gasteiger partial charge in [0.05, 0.1) is 5.92 Å². The first-order chi connectivity index (χ1) is 9.94. The van der Waals surface area contributed by atoms with Gasteiger partial charge in [0.1, 0.15) is 0 Å². The summed E-state index contributed by atoms with van der Waals surface area (Å²) >= 11 is 0. The van der Waals surface area contributed by atoms with Crippen LogP contribution in [0.15, 0.2) is 18.2 Å². The van der Waals surface area contributed by atoms with Crippen molar-refractivity contribution >= 4 is 11.9 Å². The summed E-state index contributed by atoms with van der Waals surface area (Å²) in [6.07, 6.45) is 3.18. The van der Waals surface area contributed by atoms with E-state index in [-0.39, 0.29) is 17.9 Å². The van der Waals surface area contributed by atoms with Crippen LogP contribution in [0.5, 0.6) is 0 Å². The van der Waals surface area contributed by atoms with E-state index in [1.165, 1.54) is 16.7 Å². The molecule has 0 spiro atoms. The molecule has 114 valence electrons. The van der Waals surface area contributed by atoms with Gasteiger partial charge in [0.2, 0.25) is 5.91 Å². The zero-order chi connectivity index (χ0) is 15.4. The highest BCUT2D eigenvalue weighted by Crippen LogP contribution is 2.25. The summed E-state index contributed by atoms with van der Waals surface area (Å²) in [6, 6.07) is 6.36. The van der Waals surface area contributed by atoms with Crippen LogP contribution in [0.25, 0.3) is 0 Å². The lowest BCUT2D eigenvalue weighted by Gasteiger charge is -2.12. The Kier molecular flexibility index (Phi) is 4.99. The second-order valence-corrected chi connectivity index (χ2v) is 6.11. The zero-order valence-corrected chi connectivity index (χ0v) is 12.7. The van der Waals surface area contributed by atoms with Crippen LogP contribution in [0.4, 0.5) is 0 Å². The van der Waals surface area contributed by atoms with Gasteiger partial charge in [-0.25, -0.2) is 0 Å². The van der Waals surface area contributed by atoms with Gasteiger partial charge in [0.25, 0.3) is 0 Å². The van der Waals surface area contributed by atoms with E-state index in [2.05, 4.69) is 37.4 Å². The third-order valence-corrected chi connectivity index (χ3v) is 4.07. The van der Waals surface area contributed by atoms with Crippen molar-refractivity contribution in [1.82, 2.24) is 5.32 Å². The quantitative estimate of drug-likeness (QED) is 0.875. The summed E-state index contributed by atoms with van der Waals surface area (Å²) in [5.41, 5.74) is 3.61. The van der Waals surface area contributed by atoms with Crippen molar-refractivity contribution in [3.05, 3.63) is 34.9 Å². The number of aliphatic carboxylic acids is 1. The number of rotatable bonds is 5. The van der Waals surface area contributed by atoms with E-state index in [9.17, 15) is 9.59 Å². The first kappa shape index (κ1) is 15.5. The number of hydrogen-bond donors (Lipinski definition) is 2. The fourth-order valence-electron chi connectivity index (χ4n) is 3.11.